The number of benzene rings is 3. The SMILES string of the molecule is Cc1cc(C(=O)NNC(=O)c2cccc3ccccc23)c2cc(F)ccc2n1. The Labute approximate surface area is 160 Å². The molecule has 0 atom stereocenters. The Morgan fingerprint density at radius 1 is 0.821 bits per heavy atom. The molecule has 0 aliphatic carbocycles. The van der Waals surface area contributed by atoms with Gasteiger partial charge in [-0.25, -0.2) is 4.39 Å². The Kier molecular flexibility index (Phi) is 4.45. The lowest BCUT2D eigenvalue weighted by atomic mass is 10.0. The maximum absolute atomic E-state index is 13.6. The molecule has 2 amide bonds. The number of aromatic nitrogens is 1. The van der Waals surface area contributed by atoms with Gasteiger partial charge in [0.05, 0.1) is 11.1 Å². The molecule has 0 radical (unpaired) electrons. The van der Waals surface area contributed by atoms with Gasteiger partial charge in [0.2, 0.25) is 0 Å². The molecule has 138 valence electrons. The van der Waals surface area contributed by atoms with Crippen molar-refractivity contribution in [2.45, 2.75) is 6.92 Å². The lowest BCUT2D eigenvalue weighted by molar-refractivity contribution is 0.0848. The zero-order valence-corrected chi connectivity index (χ0v) is 15.0. The highest BCUT2D eigenvalue weighted by atomic mass is 19.1. The number of fused-ring (bicyclic) bond motifs is 2. The number of carbonyl (C=O) groups is 2. The number of hydrogen-bond acceptors (Lipinski definition) is 3. The summed E-state index contributed by atoms with van der Waals surface area (Å²) in [5, 5.41) is 2.08. The highest BCUT2D eigenvalue weighted by molar-refractivity contribution is 6.10. The minimum absolute atomic E-state index is 0.236. The molecule has 28 heavy (non-hydrogen) atoms. The molecule has 0 bridgehead atoms. The van der Waals surface area contributed by atoms with Crippen molar-refractivity contribution in [3.63, 3.8) is 0 Å². The van der Waals surface area contributed by atoms with Crippen LogP contribution >= 0.6 is 0 Å². The summed E-state index contributed by atoms with van der Waals surface area (Å²) in [6.07, 6.45) is 0. The van der Waals surface area contributed by atoms with Crippen LogP contribution < -0.4 is 10.9 Å². The van der Waals surface area contributed by atoms with Crippen molar-refractivity contribution in [3.05, 3.63) is 89.4 Å². The van der Waals surface area contributed by atoms with E-state index >= 15 is 0 Å². The molecule has 0 aliphatic rings. The van der Waals surface area contributed by atoms with Gasteiger partial charge in [0.15, 0.2) is 0 Å². The van der Waals surface area contributed by atoms with Crippen LogP contribution in [0.2, 0.25) is 0 Å². The minimum atomic E-state index is -0.547. The normalized spacial score (nSPS) is 10.8. The van der Waals surface area contributed by atoms with Crippen LogP contribution in [-0.2, 0) is 0 Å². The zero-order chi connectivity index (χ0) is 19.7. The molecule has 0 spiro atoms. The van der Waals surface area contributed by atoms with Crippen LogP contribution in [0.25, 0.3) is 21.7 Å². The molecule has 0 saturated heterocycles. The molecular formula is C22H16FN3O2. The van der Waals surface area contributed by atoms with E-state index in [0.29, 0.717) is 22.2 Å². The number of rotatable bonds is 2. The minimum Gasteiger partial charge on any atom is -0.267 e. The number of pyridine rings is 1. The summed E-state index contributed by atoms with van der Waals surface area (Å²) in [4.78, 5) is 29.5. The van der Waals surface area contributed by atoms with Crippen molar-refractivity contribution in [2.24, 2.45) is 0 Å². The van der Waals surface area contributed by atoms with E-state index in [2.05, 4.69) is 15.8 Å². The average molecular weight is 373 g/mol. The molecule has 6 heteroatoms. The number of carbonyl (C=O) groups excluding carboxylic acids is 2. The molecule has 0 fully saturated rings. The summed E-state index contributed by atoms with van der Waals surface area (Å²) in [5.41, 5.74) is 6.65. The van der Waals surface area contributed by atoms with E-state index in [1.165, 1.54) is 18.2 Å². The fourth-order valence-corrected chi connectivity index (χ4v) is 3.19. The first-order valence-corrected chi connectivity index (χ1v) is 8.68. The maximum atomic E-state index is 13.6. The Morgan fingerprint density at radius 3 is 2.36 bits per heavy atom. The van der Waals surface area contributed by atoms with Crippen molar-refractivity contribution in [1.82, 2.24) is 15.8 Å². The van der Waals surface area contributed by atoms with E-state index in [9.17, 15) is 14.0 Å². The third-order valence-corrected chi connectivity index (χ3v) is 4.47. The molecule has 0 saturated carbocycles. The fourth-order valence-electron chi connectivity index (χ4n) is 3.19. The van der Waals surface area contributed by atoms with E-state index < -0.39 is 17.6 Å². The summed E-state index contributed by atoms with van der Waals surface area (Å²) >= 11 is 0. The average Bonchev–Trinajstić information content (AvgIpc) is 2.71. The molecular weight excluding hydrogens is 357 g/mol. The van der Waals surface area contributed by atoms with Gasteiger partial charge in [-0.15, -0.1) is 0 Å². The van der Waals surface area contributed by atoms with Crippen molar-refractivity contribution in [1.29, 1.82) is 0 Å². The highest BCUT2D eigenvalue weighted by Gasteiger charge is 2.15. The molecule has 0 unspecified atom stereocenters. The van der Waals surface area contributed by atoms with Gasteiger partial charge in [0.1, 0.15) is 5.82 Å². The van der Waals surface area contributed by atoms with Gasteiger partial charge in [-0.05, 0) is 48.0 Å². The number of amides is 2. The van der Waals surface area contributed by atoms with Crippen LogP contribution in [0.4, 0.5) is 4.39 Å². The Bertz CT molecular complexity index is 1230. The van der Waals surface area contributed by atoms with E-state index in [1.54, 1.807) is 25.1 Å². The standard InChI is InChI=1S/C22H16FN3O2/c1-13-11-19(18-12-15(23)9-10-20(18)24-13)22(28)26-25-21(27)17-8-4-6-14-5-2-3-7-16(14)17/h2-12H,1H3,(H,25,27)(H,26,28). The van der Waals surface area contributed by atoms with Gasteiger partial charge in [0.25, 0.3) is 11.8 Å². The van der Waals surface area contributed by atoms with E-state index in [1.807, 2.05) is 30.3 Å². The Balaban J connectivity index is 1.60. The maximum Gasteiger partial charge on any atom is 0.270 e. The van der Waals surface area contributed by atoms with Gasteiger partial charge in [0, 0.05) is 16.6 Å². The molecule has 4 aromatic rings. The third-order valence-electron chi connectivity index (χ3n) is 4.47. The van der Waals surface area contributed by atoms with Gasteiger partial charge < -0.3 is 0 Å². The molecule has 4 rings (SSSR count). The first-order chi connectivity index (χ1) is 13.5. The summed E-state index contributed by atoms with van der Waals surface area (Å²) in [5.74, 6) is -1.45. The van der Waals surface area contributed by atoms with E-state index in [0.717, 1.165) is 10.8 Å². The molecule has 2 N–H and O–H groups in total. The second-order valence-electron chi connectivity index (χ2n) is 6.41. The van der Waals surface area contributed by atoms with Gasteiger partial charge in [-0.1, -0.05) is 36.4 Å². The molecule has 1 aromatic heterocycles. The van der Waals surface area contributed by atoms with Crippen LogP contribution in [0.3, 0.4) is 0 Å². The van der Waals surface area contributed by atoms with Crippen molar-refractivity contribution in [3.8, 4) is 0 Å². The van der Waals surface area contributed by atoms with Crippen molar-refractivity contribution >= 4 is 33.5 Å². The first-order valence-electron chi connectivity index (χ1n) is 8.68. The smallest absolute Gasteiger partial charge is 0.267 e. The lowest BCUT2D eigenvalue weighted by Gasteiger charge is -2.11. The van der Waals surface area contributed by atoms with Crippen molar-refractivity contribution < 1.29 is 14.0 Å². The first kappa shape index (κ1) is 17.6. The van der Waals surface area contributed by atoms with Crippen LogP contribution in [0.5, 0.6) is 0 Å². The van der Waals surface area contributed by atoms with Gasteiger partial charge >= 0.3 is 0 Å². The Morgan fingerprint density at radius 2 is 1.54 bits per heavy atom. The molecule has 5 nitrogen and oxygen atoms in total. The van der Waals surface area contributed by atoms with Crippen LogP contribution in [0, 0.1) is 12.7 Å². The van der Waals surface area contributed by atoms with Gasteiger partial charge in [-0.2, -0.15) is 0 Å². The number of hydrogen-bond donors (Lipinski definition) is 2. The lowest BCUT2D eigenvalue weighted by Crippen LogP contribution is -2.41. The number of halogens is 1. The summed E-state index contributed by atoms with van der Waals surface area (Å²) in [6.45, 7) is 1.74. The quantitative estimate of drug-likeness (QED) is 0.524. The van der Waals surface area contributed by atoms with Gasteiger partial charge in [-0.3, -0.25) is 25.4 Å². The Hall–Kier alpha value is -3.80. The van der Waals surface area contributed by atoms with Crippen LogP contribution in [0.1, 0.15) is 26.4 Å². The fraction of sp³-hybridized carbons (Fsp3) is 0.0455. The predicted molar refractivity (Wildman–Crippen MR) is 105 cm³/mol. The number of nitrogens with zero attached hydrogens (tertiary/aromatic N) is 1. The number of hydrazine groups is 1. The molecule has 0 aliphatic heterocycles. The topological polar surface area (TPSA) is 71.1 Å². The molecule has 1 heterocycles. The largest absolute Gasteiger partial charge is 0.270 e. The van der Waals surface area contributed by atoms with Crippen LogP contribution in [-0.4, -0.2) is 16.8 Å². The predicted octanol–water partition coefficient (Wildman–Crippen LogP) is 3.91. The van der Waals surface area contributed by atoms with E-state index in [4.69, 9.17) is 0 Å². The van der Waals surface area contributed by atoms with Crippen LogP contribution in [0.15, 0.2) is 66.7 Å². The van der Waals surface area contributed by atoms with Crippen molar-refractivity contribution in [2.75, 3.05) is 0 Å². The summed E-state index contributed by atoms with van der Waals surface area (Å²) in [7, 11) is 0. The third kappa shape index (κ3) is 3.27. The second kappa shape index (κ2) is 7.08. The highest BCUT2D eigenvalue weighted by Crippen LogP contribution is 2.20. The second-order valence-corrected chi connectivity index (χ2v) is 6.41. The summed E-state index contributed by atoms with van der Waals surface area (Å²) in [6, 6.07) is 18.5. The summed E-state index contributed by atoms with van der Waals surface area (Å²) < 4.78 is 13.6. The number of aryl methyl sites for hydroxylation is 1. The number of nitrogens with one attached hydrogen (secondary N) is 2. The van der Waals surface area contributed by atoms with E-state index in [-0.39, 0.29) is 5.56 Å². The molecule has 3 aromatic carbocycles. The monoisotopic (exact) mass is 373 g/mol. The zero-order valence-electron chi connectivity index (χ0n) is 15.0.